The number of esters is 1. The summed E-state index contributed by atoms with van der Waals surface area (Å²) < 4.78 is 18.0. The first kappa shape index (κ1) is 22.6. The summed E-state index contributed by atoms with van der Waals surface area (Å²) in [7, 11) is 3.28. The number of aryl methyl sites for hydroxylation is 1. The van der Waals surface area contributed by atoms with E-state index in [1.165, 1.54) is 6.92 Å². The lowest BCUT2D eigenvalue weighted by Crippen LogP contribution is -2.16. The summed E-state index contributed by atoms with van der Waals surface area (Å²) in [5, 5.41) is 0.644. The summed E-state index contributed by atoms with van der Waals surface area (Å²) in [5.41, 5.74) is 3.23. The molecule has 2 aromatic carbocycles. The molecule has 0 spiro atoms. The number of ether oxygens (including phenoxy) is 3. The quantitative estimate of drug-likeness (QED) is 0.354. The van der Waals surface area contributed by atoms with Gasteiger partial charge in [0.05, 0.1) is 31.7 Å². The van der Waals surface area contributed by atoms with Crippen molar-refractivity contribution in [3.05, 3.63) is 81.6 Å². The number of rotatable bonds is 7. The lowest BCUT2D eigenvalue weighted by molar-refractivity contribution is -0.142. The van der Waals surface area contributed by atoms with Gasteiger partial charge in [0, 0.05) is 23.6 Å². The minimum Gasteiger partial charge on any atom is -0.497 e. The molecule has 0 aliphatic heterocycles. The van der Waals surface area contributed by atoms with E-state index in [-0.39, 0.29) is 12.0 Å². The van der Waals surface area contributed by atoms with Gasteiger partial charge >= 0.3 is 5.97 Å². The number of pyridine rings is 1. The second kappa shape index (κ2) is 9.50. The van der Waals surface area contributed by atoms with Gasteiger partial charge in [-0.25, -0.2) is 0 Å². The van der Waals surface area contributed by atoms with Crippen LogP contribution in [0.5, 0.6) is 11.5 Å². The molecule has 0 unspecified atom stereocenters. The number of aromatic nitrogens is 1. The third kappa shape index (κ3) is 4.50. The number of nitrogens with zero attached hydrogens (tertiary/aromatic N) is 1. The van der Waals surface area contributed by atoms with Gasteiger partial charge in [0.15, 0.2) is 5.43 Å². The average Bonchev–Trinajstić information content (AvgIpc) is 3.18. The van der Waals surface area contributed by atoms with Gasteiger partial charge in [-0.1, -0.05) is 18.2 Å². The number of para-hydroxylation sites is 1. The summed E-state index contributed by atoms with van der Waals surface area (Å²) >= 11 is 1.57. The van der Waals surface area contributed by atoms with Gasteiger partial charge in [-0.2, -0.15) is 0 Å². The fourth-order valence-corrected chi connectivity index (χ4v) is 5.15. The van der Waals surface area contributed by atoms with Crippen LogP contribution in [0.4, 0.5) is 0 Å². The first-order valence-electron chi connectivity index (χ1n) is 10.5. The van der Waals surface area contributed by atoms with Crippen LogP contribution in [0.3, 0.4) is 0 Å². The molecular weight excluding hydrogens is 438 g/mol. The Kier molecular flexibility index (Phi) is 6.51. The van der Waals surface area contributed by atoms with Crippen molar-refractivity contribution < 1.29 is 19.0 Å². The molecule has 0 aliphatic rings. The predicted octanol–water partition coefficient (Wildman–Crippen LogP) is 5.17. The van der Waals surface area contributed by atoms with Crippen LogP contribution in [-0.4, -0.2) is 24.8 Å². The van der Waals surface area contributed by atoms with Gasteiger partial charge < -0.3 is 18.8 Å². The van der Waals surface area contributed by atoms with Crippen molar-refractivity contribution in [1.29, 1.82) is 0 Å². The Hall–Kier alpha value is -3.58. The maximum Gasteiger partial charge on any atom is 0.302 e. The zero-order valence-electron chi connectivity index (χ0n) is 19.0. The third-order valence-corrected chi connectivity index (χ3v) is 6.91. The van der Waals surface area contributed by atoms with Crippen molar-refractivity contribution in [1.82, 2.24) is 4.57 Å². The SMILES string of the molecule is COc1ccc(-c2sc3c(c2C)c(=O)c(COC(C)=O)cn3Cc2ccccc2OC)cc1. The number of thiophene rings is 1. The smallest absolute Gasteiger partial charge is 0.302 e. The molecule has 0 amide bonds. The second-order valence-electron chi connectivity index (χ2n) is 7.67. The van der Waals surface area contributed by atoms with Crippen molar-refractivity contribution in [2.75, 3.05) is 14.2 Å². The molecule has 0 saturated carbocycles. The molecule has 2 heterocycles. The normalized spacial score (nSPS) is 10.9. The topological polar surface area (TPSA) is 66.8 Å². The van der Waals surface area contributed by atoms with E-state index in [2.05, 4.69) is 0 Å². The monoisotopic (exact) mass is 463 g/mol. The van der Waals surface area contributed by atoms with Crippen LogP contribution < -0.4 is 14.9 Å². The summed E-state index contributed by atoms with van der Waals surface area (Å²) in [6, 6.07) is 15.6. The Labute approximate surface area is 196 Å². The van der Waals surface area contributed by atoms with E-state index in [4.69, 9.17) is 14.2 Å². The number of hydrogen-bond acceptors (Lipinski definition) is 6. The van der Waals surface area contributed by atoms with Crippen molar-refractivity contribution in [3.8, 4) is 21.9 Å². The molecule has 0 aliphatic carbocycles. The Morgan fingerprint density at radius 2 is 1.73 bits per heavy atom. The first-order valence-corrected chi connectivity index (χ1v) is 11.3. The zero-order chi connectivity index (χ0) is 23.5. The lowest BCUT2D eigenvalue weighted by atomic mass is 10.1. The molecule has 33 heavy (non-hydrogen) atoms. The second-order valence-corrected chi connectivity index (χ2v) is 8.67. The van der Waals surface area contributed by atoms with Crippen LogP contribution >= 0.6 is 11.3 Å². The summed E-state index contributed by atoms with van der Waals surface area (Å²) in [6.07, 6.45) is 1.79. The first-order chi connectivity index (χ1) is 15.9. The Morgan fingerprint density at radius 1 is 1.00 bits per heavy atom. The molecular formula is C26H25NO5S. The van der Waals surface area contributed by atoms with Crippen LogP contribution in [0.1, 0.15) is 23.6 Å². The highest BCUT2D eigenvalue weighted by Crippen LogP contribution is 2.38. The van der Waals surface area contributed by atoms with Crippen LogP contribution in [0.25, 0.3) is 20.7 Å². The Bertz CT molecular complexity index is 1370. The fraction of sp³-hybridized carbons (Fsp3) is 0.231. The molecule has 0 saturated heterocycles. The summed E-state index contributed by atoms with van der Waals surface area (Å²) in [4.78, 5) is 26.7. The van der Waals surface area contributed by atoms with Crippen molar-refractivity contribution in [3.63, 3.8) is 0 Å². The third-order valence-electron chi connectivity index (χ3n) is 5.54. The van der Waals surface area contributed by atoms with Gasteiger partial charge in [0.25, 0.3) is 0 Å². The van der Waals surface area contributed by atoms with Crippen molar-refractivity contribution in [2.24, 2.45) is 0 Å². The molecule has 6 nitrogen and oxygen atoms in total. The van der Waals surface area contributed by atoms with Crippen molar-refractivity contribution in [2.45, 2.75) is 27.0 Å². The maximum absolute atomic E-state index is 13.4. The molecule has 4 aromatic rings. The summed E-state index contributed by atoms with van der Waals surface area (Å²) in [6.45, 7) is 3.74. The molecule has 0 radical (unpaired) electrons. The van der Waals surface area contributed by atoms with Crippen LogP contribution in [0, 0.1) is 6.92 Å². The van der Waals surface area contributed by atoms with E-state index in [0.717, 1.165) is 37.9 Å². The Morgan fingerprint density at radius 3 is 2.39 bits per heavy atom. The van der Waals surface area contributed by atoms with Crippen molar-refractivity contribution >= 4 is 27.5 Å². The van der Waals surface area contributed by atoms with Crippen LogP contribution in [0.2, 0.25) is 0 Å². The van der Waals surface area contributed by atoms with Crippen LogP contribution in [-0.2, 0) is 22.7 Å². The van der Waals surface area contributed by atoms with E-state index in [1.807, 2.05) is 60.0 Å². The highest BCUT2D eigenvalue weighted by molar-refractivity contribution is 7.22. The molecule has 170 valence electrons. The number of carbonyl (C=O) groups is 1. The fourth-order valence-electron chi connectivity index (χ4n) is 3.87. The standard InChI is InChI=1S/C26H25NO5S/c1-16-23-24(29)20(15-32-17(2)28)14-27(13-19-7-5-6-8-22(19)31-4)26(23)33-25(16)18-9-11-21(30-3)12-10-18/h5-12,14H,13,15H2,1-4H3. The molecule has 2 aromatic heterocycles. The number of methoxy groups -OCH3 is 2. The van der Waals surface area contributed by atoms with Gasteiger partial charge in [0.1, 0.15) is 22.9 Å². The lowest BCUT2D eigenvalue weighted by Gasteiger charge is -2.14. The number of fused-ring (bicyclic) bond motifs is 1. The van der Waals surface area contributed by atoms with Gasteiger partial charge in [-0.3, -0.25) is 9.59 Å². The van der Waals surface area contributed by atoms with Gasteiger partial charge in [0.2, 0.25) is 0 Å². The number of hydrogen-bond donors (Lipinski definition) is 0. The highest BCUT2D eigenvalue weighted by Gasteiger charge is 2.19. The van der Waals surface area contributed by atoms with Gasteiger partial charge in [-0.15, -0.1) is 11.3 Å². The Balaban J connectivity index is 1.91. The zero-order valence-corrected chi connectivity index (χ0v) is 19.8. The summed E-state index contributed by atoms with van der Waals surface area (Å²) in [5.74, 6) is 1.12. The molecule has 0 atom stereocenters. The van der Waals surface area contributed by atoms with Gasteiger partial charge in [-0.05, 0) is 48.4 Å². The average molecular weight is 464 g/mol. The van der Waals surface area contributed by atoms with E-state index < -0.39 is 5.97 Å². The maximum atomic E-state index is 13.4. The van der Waals surface area contributed by atoms with E-state index >= 15 is 0 Å². The van der Waals surface area contributed by atoms with E-state index in [9.17, 15) is 9.59 Å². The molecule has 0 fully saturated rings. The number of carbonyl (C=O) groups excluding carboxylic acids is 1. The van der Waals surface area contributed by atoms with E-state index in [1.54, 1.807) is 31.8 Å². The molecule has 7 heteroatoms. The molecule has 4 rings (SSSR count). The molecule has 0 bridgehead atoms. The largest absolute Gasteiger partial charge is 0.497 e. The minimum atomic E-state index is -0.424. The highest BCUT2D eigenvalue weighted by atomic mass is 32.1. The van der Waals surface area contributed by atoms with E-state index in [0.29, 0.717) is 17.5 Å². The molecule has 0 N–H and O–H groups in total. The minimum absolute atomic E-state index is 0.0663. The van der Waals surface area contributed by atoms with Crippen LogP contribution in [0.15, 0.2) is 59.5 Å². The number of benzene rings is 2. The predicted molar refractivity (Wildman–Crippen MR) is 130 cm³/mol.